The summed E-state index contributed by atoms with van der Waals surface area (Å²) in [6.45, 7) is 1.64. The van der Waals surface area contributed by atoms with Crippen molar-refractivity contribution in [1.82, 2.24) is 34.0 Å². The maximum Gasteiger partial charge on any atom is 0.472 e. The lowest BCUT2D eigenvalue weighted by molar-refractivity contribution is -0.165. The quantitative estimate of drug-likeness (QED) is 0.0379. The number of allylic oxidation sites excluding steroid dienone is 1. The highest BCUT2D eigenvalue weighted by molar-refractivity contribution is 7.47. The number of aromatic nitrogens is 6. The normalized spacial score (nSPS) is 25.1. The molecule has 1 aromatic carbocycles. The van der Waals surface area contributed by atoms with Gasteiger partial charge in [-0.3, -0.25) is 27.5 Å². The van der Waals surface area contributed by atoms with Crippen LogP contribution in [-0.2, 0) is 52.9 Å². The summed E-state index contributed by atoms with van der Waals surface area (Å²) in [7, 11) is -9.21. The van der Waals surface area contributed by atoms with Crippen LogP contribution in [0.3, 0.4) is 0 Å². The number of phosphoric acid groups is 2. The number of esters is 1. The van der Waals surface area contributed by atoms with Gasteiger partial charge in [-0.15, -0.1) is 6.58 Å². The molecular formula is C35H44ClN9O16P2. The highest BCUT2D eigenvalue weighted by atomic mass is 35.5. The number of aliphatic hydroxyl groups is 2. The number of aryl methyl sites for hydroxylation is 1. The third-order valence-electron chi connectivity index (χ3n) is 10.1. The zero-order valence-corrected chi connectivity index (χ0v) is 35.7. The number of hydrogen-bond donors (Lipinski definition) is 7. The Labute approximate surface area is 362 Å². The van der Waals surface area contributed by atoms with E-state index in [4.69, 9.17) is 46.3 Å². The van der Waals surface area contributed by atoms with Crippen molar-refractivity contribution in [2.45, 2.75) is 80.8 Å². The number of nitrogen functional groups attached to an aromatic ring is 2. The Morgan fingerprint density at radius 3 is 2.35 bits per heavy atom. The van der Waals surface area contributed by atoms with Crippen LogP contribution in [0.1, 0.15) is 37.3 Å². The molecule has 9 N–H and O–H groups in total. The monoisotopic (exact) mass is 943 g/mol. The summed E-state index contributed by atoms with van der Waals surface area (Å²) >= 11 is 6.38. The molecule has 2 fully saturated rings. The summed E-state index contributed by atoms with van der Waals surface area (Å²) in [5, 5.41) is 23.4. The molecule has 0 radical (unpaired) electrons. The van der Waals surface area contributed by atoms with Crippen molar-refractivity contribution in [3.63, 3.8) is 0 Å². The van der Waals surface area contributed by atoms with Gasteiger partial charge in [0, 0.05) is 24.7 Å². The lowest BCUT2D eigenvalue weighted by Gasteiger charge is -2.30. The number of ether oxygens (including phenoxy) is 3. The molecule has 3 aromatic heterocycles. The first-order valence-corrected chi connectivity index (χ1v) is 22.3. The minimum atomic E-state index is -5.43. The molecule has 1 amide bonds. The zero-order valence-electron chi connectivity index (χ0n) is 33.1. The van der Waals surface area contributed by atoms with Crippen molar-refractivity contribution < 1.29 is 71.4 Å². The van der Waals surface area contributed by atoms with Crippen LogP contribution in [0.5, 0.6) is 0 Å². The Balaban J connectivity index is 1.26. The lowest BCUT2D eigenvalue weighted by Crippen LogP contribution is -2.47. The van der Waals surface area contributed by atoms with E-state index < -0.39 is 102 Å². The van der Waals surface area contributed by atoms with E-state index in [1.165, 1.54) is 35.0 Å². The Morgan fingerprint density at radius 2 is 1.67 bits per heavy atom. The van der Waals surface area contributed by atoms with E-state index in [2.05, 4.69) is 31.0 Å². The number of rotatable bonds is 19. The van der Waals surface area contributed by atoms with Gasteiger partial charge in [0.25, 0.3) is 0 Å². The zero-order chi connectivity index (χ0) is 45.8. The number of benzene rings is 1. The SMILES string of the molecule is C=CCCC(=O)N(C)C(CCc1ccccc1Cl)C(=O)O[C@H]1[C@@H](O)[C@H](n2cnc3c(N)ncnc32)O[C@@H]1COP(=O)(O)O[C@H]1[C@@H](O)[C@H](n2ccc(N)nc2=O)O[C@@H]1COP(=O)(O)O. The van der Waals surface area contributed by atoms with Gasteiger partial charge in [-0.05, 0) is 37.0 Å². The molecule has 2 aliphatic rings. The number of carbonyl (C=O) groups excluding carboxylic acids is 2. The number of halogens is 1. The van der Waals surface area contributed by atoms with Gasteiger partial charge in [0.05, 0.1) is 19.5 Å². The predicted molar refractivity (Wildman–Crippen MR) is 217 cm³/mol. The molecule has 28 heteroatoms. The Kier molecular flexibility index (Phi) is 15.1. The lowest BCUT2D eigenvalue weighted by atomic mass is 10.0. The molecule has 0 bridgehead atoms. The van der Waals surface area contributed by atoms with Crippen LogP contribution in [0.15, 0.2) is 66.6 Å². The fourth-order valence-corrected chi connectivity index (χ4v) is 8.43. The van der Waals surface area contributed by atoms with Gasteiger partial charge in [0.15, 0.2) is 30.0 Å². The molecule has 2 saturated heterocycles. The fourth-order valence-electron chi connectivity index (χ4n) is 6.89. The van der Waals surface area contributed by atoms with E-state index in [0.29, 0.717) is 17.0 Å². The number of aliphatic hydroxyl groups excluding tert-OH is 2. The molecule has 0 spiro atoms. The Bertz CT molecular complexity index is 2460. The Hall–Kier alpha value is -4.72. The molecule has 342 valence electrons. The molecule has 2 unspecified atom stereocenters. The second-order valence-electron chi connectivity index (χ2n) is 14.2. The van der Waals surface area contributed by atoms with Crippen LogP contribution in [0.4, 0.5) is 11.6 Å². The number of amides is 1. The van der Waals surface area contributed by atoms with Gasteiger partial charge < -0.3 is 55.5 Å². The minimum absolute atomic E-state index is 0.00737. The van der Waals surface area contributed by atoms with E-state index >= 15 is 0 Å². The average Bonchev–Trinajstić information content (AvgIpc) is 3.88. The molecule has 63 heavy (non-hydrogen) atoms. The number of nitrogens with zero attached hydrogens (tertiary/aromatic N) is 7. The average molecular weight is 944 g/mol. The molecule has 0 aliphatic carbocycles. The van der Waals surface area contributed by atoms with Crippen molar-refractivity contribution in [3.8, 4) is 0 Å². The molecule has 4 aromatic rings. The van der Waals surface area contributed by atoms with E-state index in [0.717, 1.165) is 17.1 Å². The maximum atomic E-state index is 14.2. The van der Waals surface area contributed by atoms with Gasteiger partial charge in [-0.25, -0.2) is 33.7 Å². The van der Waals surface area contributed by atoms with E-state index in [9.17, 15) is 48.4 Å². The number of nitrogens with two attached hydrogens (primary N) is 2. The molecule has 10 atom stereocenters. The molecule has 5 heterocycles. The maximum absolute atomic E-state index is 14.2. The first-order chi connectivity index (χ1) is 29.8. The second kappa shape index (κ2) is 20.0. The smallest absolute Gasteiger partial charge is 0.455 e. The summed E-state index contributed by atoms with van der Waals surface area (Å²) < 4.78 is 59.8. The minimum Gasteiger partial charge on any atom is -0.455 e. The van der Waals surface area contributed by atoms with Crippen LogP contribution in [0.25, 0.3) is 11.2 Å². The molecule has 6 rings (SSSR count). The summed E-state index contributed by atoms with van der Waals surface area (Å²) in [6, 6.07) is 6.80. The highest BCUT2D eigenvalue weighted by Crippen LogP contribution is 2.50. The Morgan fingerprint density at radius 1 is 1.00 bits per heavy atom. The van der Waals surface area contributed by atoms with Crippen LogP contribution < -0.4 is 17.2 Å². The molecule has 0 saturated carbocycles. The first kappa shape index (κ1) is 47.8. The number of carbonyl (C=O) groups is 2. The molecule has 25 nitrogen and oxygen atoms in total. The predicted octanol–water partition coefficient (Wildman–Crippen LogP) is 0.367. The summed E-state index contributed by atoms with van der Waals surface area (Å²) in [4.78, 5) is 86.6. The molecular weight excluding hydrogens is 900 g/mol. The first-order valence-electron chi connectivity index (χ1n) is 18.9. The third-order valence-corrected chi connectivity index (χ3v) is 11.9. The van der Waals surface area contributed by atoms with Gasteiger partial charge in [-0.2, -0.15) is 4.98 Å². The van der Waals surface area contributed by atoms with E-state index in [-0.39, 0.29) is 42.1 Å². The van der Waals surface area contributed by atoms with Crippen LogP contribution in [-0.4, -0.2) is 134 Å². The van der Waals surface area contributed by atoms with Gasteiger partial charge in [-0.1, -0.05) is 35.9 Å². The summed E-state index contributed by atoms with van der Waals surface area (Å²) in [5.41, 5.74) is 11.4. The number of hydrogen-bond acceptors (Lipinski definition) is 19. The molecule has 2 aliphatic heterocycles. The van der Waals surface area contributed by atoms with Crippen molar-refractivity contribution >= 4 is 61.9 Å². The third kappa shape index (κ3) is 11.3. The van der Waals surface area contributed by atoms with Crippen LogP contribution >= 0.6 is 27.2 Å². The van der Waals surface area contributed by atoms with Gasteiger partial charge in [0.2, 0.25) is 5.91 Å². The fraction of sp³-hybridized carbons (Fsp3) is 0.457. The number of imidazole rings is 1. The number of anilines is 2. The van der Waals surface area contributed by atoms with Crippen LogP contribution in [0.2, 0.25) is 5.02 Å². The largest absolute Gasteiger partial charge is 0.472 e. The van der Waals surface area contributed by atoms with E-state index in [1.54, 1.807) is 24.3 Å². The van der Waals surface area contributed by atoms with Gasteiger partial charge in [0.1, 0.15) is 54.2 Å². The van der Waals surface area contributed by atoms with E-state index in [1.807, 2.05) is 0 Å². The highest BCUT2D eigenvalue weighted by Gasteiger charge is 2.52. The van der Waals surface area contributed by atoms with Crippen LogP contribution in [0, 0.1) is 0 Å². The standard InChI is InChI=1S/C35H44ClN9O16P2/c1-3-4-9-24(46)43(2)20(11-10-18-7-5-6-8-19(18)36)34(49)60-28-21(58-33(26(28)47)45-17-41-25-30(38)39-16-40-31(25)45)15-57-63(54,55)61-29-22(14-56-62(51,52)53)59-32(27(29)48)44-13-12-23(37)42-35(44)50/h3,5-8,12-13,16-17,20-22,26-29,32-33,47-48H,1,4,9-11,14-15H2,2H3,(H,54,55)(H2,37,42,50)(H2,38,39,40)(H2,51,52,53)/t20?,21-,22-,26-,27-,28-,29-,32-,33-/m1/s1. The second-order valence-corrected chi connectivity index (χ2v) is 17.3. The summed E-state index contributed by atoms with van der Waals surface area (Å²) in [5.74, 6) is -1.63. The van der Waals surface area contributed by atoms with Crippen molar-refractivity contribution in [1.29, 1.82) is 0 Å². The number of fused-ring (bicyclic) bond motifs is 1. The topological polar surface area (TPSA) is 359 Å². The number of likely N-dealkylation sites (N-methyl/N-ethyl adjacent to an activating group) is 1. The van der Waals surface area contributed by atoms with Crippen molar-refractivity contribution in [2.24, 2.45) is 0 Å². The van der Waals surface area contributed by atoms with Gasteiger partial charge >= 0.3 is 27.3 Å². The summed E-state index contributed by atoms with van der Waals surface area (Å²) in [6.07, 6.45) is -8.40. The van der Waals surface area contributed by atoms with Crippen molar-refractivity contribution in [2.75, 3.05) is 31.7 Å². The number of phosphoric ester groups is 2. The van der Waals surface area contributed by atoms with Crippen molar-refractivity contribution in [3.05, 3.63) is 82.9 Å².